The van der Waals surface area contributed by atoms with E-state index in [1.807, 2.05) is 0 Å². The minimum atomic E-state index is -0.722. The van der Waals surface area contributed by atoms with Crippen molar-refractivity contribution in [2.75, 3.05) is 25.0 Å². The van der Waals surface area contributed by atoms with E-state index in [4.69, 9.17) is 21.1 Å². The molecule has 0 N–H and O–H groups in total. The highest BCUT2D eigenvalue weighted by atomic mass is 79.9. The molecular weight excluding hydrogens is 478 g/mol. The molecule has 30 heavy (non-hydrogen) atoms. The Morgan fingerprint density at radius 1 is 1.07 bits per heavy atom. The zero-order valence-corrected chi connectivity index (χ0v) is 21.2. The fourth-order valence-corrected chi connectivity index (χ4v) is 3.54. The maximum atomic E-state index is 12.9. The molecule has 0 saturated carbocycles. The van der Waals surface area contributed by atoms with E-state index < -0.39 is 28.9 Å². The van der Waals surface area contributed by atoms with Crippen LogP contribution in [0, 0.1) is 0 Å². The van der Waals surface area contributed by atoms with Crippen molar-refractivity contribution in [3.05, 3.63) is 25.9 Å². The van der Waals surface area contributed by atoms with Gasteiger partial charge in [-0.2, -0.15) is 0 Å². The molecule has 0 aliphatic rings. The van der Waals surface area contributed by atoms with Gasteiger partial charge >= 0.3 is 12.2 Å². The predicted octanol–water partition coefficient (Wildman–Crippen LogP) is 4.80. The van der Waals surface area contributed by atoms with Crippen LogP contribution in [0.3, 0.4) is 0 Å². The van der Waals surface area contributed by atoms with E-state index in [0.717, 1.165) is 0 Å². The summed E-state index contributed by atoms with van der Waals surface area (Å²) in [5.74, 6) is 0.318. The lowest BCUT2D eigenvalue weighted by Crippen LogP contribution is -2.42. The predicted molar refractivity (Wildman–Crippen MR) is 121 cm³/mol. The minimum absolute atomic E-state index is 0.0296. The normalized spacial score (nSPS) is 11.8. The molecule has 0 fully saturated rings. The molecule has 8 nitrogen and oxygen atoms in total. The fraction of sp³-hybridized carbons (Fsp3) is 0.650. The average molecular weight is 509 g/mol. The molecule has 0 radical (unpaired) electrons. The van der Waals surface area contributed by atoms with E-state index in [-0.39, 0.29) is 11.6 Å². The van der Waals surface area contributed by atoms with Crippen molar-refractivity contribution in [1.82, 2.24) is 9.47 Å². The maximum Gasteiger partial charge on any atom is 0.415 e. The number of carbonyl (C=O) groups excluding carboxylic acids is 2. The van der Waals surface area contributed by atoms with E-state index in [1.165, 1.54) is 27.5 Å². The third-order valence-electron chi connectivity index (χ3n) is 3.74. The number of hydrogen-bond acceptors (Lipinski definition) is 5. The van der Waals surface area contributed by atoms with Crippen molar-refractivity contribution in [3.63, 3.8) is 0 Å². The van der Waals surface area contributed by atoms with Crippen molar-refractivity contribution in [3.8, 4) is 0 Å². The summed E-state index contributed by atoms with van der Waals surface area (Å²) in [5.41, 5.74) is -1.75. The van der Waals surface area contributed by atoms with Crippen molar-refractivity contribution >= 4 is 45.5 Å². The van der Waals surface area contributed by atoms with Crippen LogP contribution in [0.15, 0.2) is 15.3 Å². The molecule has 0 unspecified atom stereocenters. The van der Waals surface area contributed by atoms with E-state index in [9.17, 15) is 14.4 Å². The number of nitrogens with zero attached hydrogens (tertiary/aromatic N) is 3. The smallest absolute Gasteiger partial charge is 0.415 e. The van der Waals surface area contributed by atoms with E-state index in [0.29, 0.717) is 23.3 Å². The van der Waals surface area contributed by atoms with Crippen LogP contribution in [0.4, 0.5) is 15.4 Å². The Balaban J connectivity index is 3.08. The molecule has 2 amide bonds. The van der Waals surface area contributed by atoms with Crippen molar-refractivity contribution in [2.24, 2.45) is 7.05 Å². The number of carbonyl (C=O) groups is 2. The first-order valence-electron chi connectivity index (χ1n) is 9.53. The van der Waals surface area contributed by atoms with Gasteiger partial charge in [0.05, 0.1) is 4.47 Å². The van der Waals surface area contributed by atoms with Gasteiger partial charge in [-0.3, -0.25) is 14.3 Å². The number of aromatic nitrogens is 1. The first-order valence-corrected chi connectivity index (χ1v) is 10.7. The Hall–Kier alpha value is -1.74. The molecular formula is C20H31BrClN3O5. The fourth-order valence-electron chi connectivity index (χ4n) is 2.46. The summed E-state index contributed by atoms with van der Waals surface area (Å²) >= 11 is 9.34. The zero-order chi connectivity index (χ0) is 23.4. The molecule has 1 aromatic rings. The summed E-state index contributed by atoms with van der Waals surface area (Å²) in [6.45, 7) is 11.2. The van der Waals surface area contributed by atoms with Crippen LogP contribution in [-0.2, 0) is 16.5 Å². The number of rotatable bonds is 5. The van der Waals surface area contributed by atoms with Gasteiger partial charge in [0, 0.05) is 27.2 Å². The molecule has 0 aromatic carbocycles. The Labute approximate surface area is 191 Å². The monoisotopic (exact) mass is 507 g/mol. The summed E-state index contributed by atoms with van der Waals surface area (Å²) < 4.78 is 12.6. The molecule has 1 aromatic heterocycles. The van der Waals surface area contributed by atoms with Crippen LogP contribution in [0.1, 0.15) is 48.0 Å². The summed E-state index contributed by atoms with van der Waals surface area (Å²) in [6.07, 6.45) is -0.634. The molecule has 0 bridgehead atoms. The lowest BCUT2D eigenvalue weighted by Gasteiger charge is -2.30. The van der Waals surface area contributed by atoms with Gasteiger partial charge < -0.3 is 14.4 Å². The molecule has 1 heterocycles. The van der Waals surface area contributed by atoms with Crippen LogP contribution >= 0.6 is 27.5 Å². The highest BCUT2D eigenvalue weighted by molar-refractivity contribution is 9.10. The summed E-state index contributed by atoms with van der Waals surface area (Å²) in [6, 6.07) is 1.45. The first kappa shape index (κ1) is 26.3. The second-order valence-electron chi connectivity index (χ2n) is 8.92. The second-order valence-corrected chi connectivity index (χ2v) is 10.2. The van der Waals surface area contributed by atoms with E-state index in [1.54, 1.807) is 48.6 Å². The van der Waals surface area contributed by atoms with Gasteiger partial charge in [0.25, 0.3) is 5.56 Å². The Morgan fingerprint density at radius 3 is 2.07 bits per heavy atom. The number of hydrogen-bond donors (Lipinski definition) is 0. The number of pyridine rings is 1. The molecule has 0 spiro atoms. The van der Waals surface area contributed by atoms with Gasteiger partial charge in [-0.1, -0.05) is 11.6 Å². The SMILES string of the molecule is CN(CCCN(C(=O)OC(C)(C)C)c1c(Br)cc(Cl)c(=O)n1C)C(=O)OC(C)(C)C. The number of anilines is 1. The van der Waals surface area contributed by atoms with Gasteiger partial charge in [-0.05, 0) is 70.0 Å². The van der Waals surface area contributed by atoms with Crippen LogP contribution < -0.4 is 10.5 Å². The molecule has 0 saturated heterocycles. The molecule has 10 heteroatoms. The molecule has 0 aliphatic carbocycles. The maximum absolute atomic E-state index is 12.9. The largest absolute Gasteiger partial charge is 0.444 e. The number of halogens is 2. The third kappa shape index (κ3) is 7.83. The molecule has 170 valence electrons. The molecule has 0 aliphatic heterocycles. The standard InChI is InChI=1S/C20H31BrClN3O5/c1-19(2,3)29-17(27)23(7)10-9-11-25(18(28)30-20(4,5)6)15-13(21)12-14(22)16(26)24(15)8/h12H,9-11H2,1-8H3. The summed E-state index contributed by atoms with van der Waals surface area (Å²) in [7, 11) is 3.15. The molecule has 1 rings (SSSR count). The Bertz CT molecular complexity index is 843. The van der Waals surface area contributed by atoms with E-state index in [2.05, 4.69) is 15.9 Å². The highest BCUT2D eigenvalue weighted by Crippen LogP contribution is 2.28. The van der Waals surface area contributed by atoms with E-state index >= 15 is 0 Å². The zero-order valence-electron chi connectivity index (χ0n) is 18.8. The number of ether oxygens (including phenoxy) is 2. The molecule has 0 atom stereocenters. The number of amides is 2. The summed E-state index contributed by atoms with van der Waals surface area (Å²) in [4.78, 5) is 40.1. The lowest BCUT2D eigenvalue weighted by molar-refractivity contribution is 0.0298. The third-order valence-corrected chi connectivity index (χ3v) is 4.60. The lowest BCUT2D eigenvalue weighted by atomic mass is 10.2. The van der Waals surface area contributed by atoms with Crippen LogP contribution in [0.25, 0.3) is 0 Å². The van der Waals surface area contributed by atoms with Gasteiger partial charge in [0.15, 0.2) is 0 Å². The highest BCUT2D eigenvalue weighted by Gasteiger charge is 2.28. The van der Waals surface area contributed by atoms with Crippen LogP contribution in [-0.4, -0.2) is 53.0 Å². The topological polar surface area (TPSA) is 81.1 Å². The summed E-state index contributed by atoms with van der Waals surface area (Å²) in [5, 5.41) is 0.0296. The van der Waals surface area contributed by atoms with Gasteiger partial charge in [-0.15, -0.1) is 0 Å². The average Bonchev–Trinajstić information content (AvgIpc) is 2.55. The van der Waals surface area contributed by atoms with Crippen molar-refractivity contribution in [1.29, 1.82) is 0 Å². The quantitative estimate of drug-likeness (QED) is 0.571. The second kappa shape index (κ2) is 10.0. The van der Waals surface area contributed by atoms with Gasteiger partial charge in [0.2, 0.25) is 0 Å². The Kier molecular flexibility index (Phi) is 8.80. The Morgan fingerprint density at radius 2 is 1.57 bits per heavy atom. The van der Waals surface area contributed by atoms with Crippen molar-refractivity contribution in [2.45, 2.75) is 59.2 Å². The first-order chi connectivity index (χ1) is 13.5. The van der Waals surface area contributed by atoms with Gasteiger partial charge in [-0.25, -0.2) is 9.59 Å². The minimum Gasteiger partial charge on any atom is -0.444 e. The van der Waals surface area contributed by atoms with Crippen LogP contribution in [0.5, 0.6) is 0 Å². The van der Waals surface area contributed by atoms with Crippen molar-refractivity contribution < 1.29 is 19.1 Å². The van der Waals surface area contributed by atoms with Crippen LogP contribution in [0.2, 0.25) is 5.02 Å². The van der Waals surface area contributed by atoms with Gasteiger partial charge in [0.1, 0.15) is 22.0 Å².